The fourth-order valence-electron chi connectivity index (χ4n) is 3.28. The van der Waals surface area contributed by atoms with E-state index in [-0.39, 0.29) is 28.3 Å². The monoisotopic (exact) mass is 495 g/mol. The van der Waals surface area contributed by atoms with Gasteiger partial charge < -0.3 is 15.5 Å². The summed E-state index contributed by atoms with van der Waals surface area (Å²) in [5.74, 6) is 0.250. The smallest absolute Gasteiger partial charge is 0.393 e. The van der Waals surface area contributed by atoms with Gasteiger partial charge in [-0.2, -0.15) is 26.3 Å². The Kier molecular flexibility index (Phi) is 6.30. The summed E-state index contributed by atoms with van der Waals surface area (Å²) in [6.07, 6.45) is -8.02. The summed E-state index contributed by atoms with van der Waals surface area (Å²) in [4.78, 5) is 15.7. The van der Waals surface area contributed by atoms with Gasteiger partial charge in [0.25, 0.3) is 0 Å². The van der Waals surface area contributed by atoms with E-state index in [4.69, 9.17) is 5.11 Å². The molecule has 0 aliphatic rings. The van der Waals surface area contributed by atoms with Crippen LogP contribution in [0.3, 0.4) is 0 Å². The number of aliphatic hydroxyl groups is 2. The Morgan fingerprint density at radius 3 is 2.26 bits per heavy atom. The lowest BCUT2D eigenvalue weighted by Crippen LogP contribution is -2.12. The lowest BCUT2D eigenvalue weighted by Gasteiger charge is -2.16. The number of aromatic nitrogens is 4. The van der Waals surface area contributed by atoms with Crippen LogP contribution in [0.5, 0.6) is 0 Å². The first-order chi connectivity index (χ1) is 16.5. The summed E-state index contributed by atoms with van der Waals surface area (Å²) >= 11 is 0. The number of halogens is 6. The fourth-order valence-corrected chi connectivity index (χ4v) is 3.28. The van der Waals surface area contributed by atoms with E-state index < -0.39 is 41.9 Å². The first kappa shape index (κ1) is 24.3. The molecular formula is C22H15F6N5O2. The van der Waals surface area contributed by atoms with Crippen LogP contribution in [0.2, 0.25) is 0 Å². The maximum Gasteiger partial charge on any atom is 0.418 e. The molecule has 0 saturated carbocycles. The van der Waals surface area contributed by atoms with Gasteiger partial charge in [-0.3, -0.25) is 4.98 Å². The molecule has 3 aromatic heterocycles. The Hall–Kier alpha value is -3.84. The maximum atomic E-state index is 13.7. The normalized spacial score (nSPS) is 13.1. The van der Waals surface area contributed by atoms with E-state index in [9.17, 15) is 31.4 Å². The van der Waals surface area contributed by atoms with Gasteiger partial charge in [0.2, 0.25) is 0 Å². The van der Waals surface area contributed by atoms with Crippen LogP contribution in [-0.2, 0) is 12.4 Å². The van der Waals surface area contributed by atoms with Crippen molar-refractivity contribution in [1.29, 1.82) is 0 Å². The van der Waals surface area contributed by atoms with E-state index >= 15 is 0 Å². The first-order valence-electron chi connectivity index (χ1n) is 9.89. The second-order valence-electron chi connectivity index (χ2n) is 7.37. The molecule has 35 heavy (non-hydrogen) atoms. The molecule has 4 rings (SSSR count). The molecule has 0 aliphatic carbocycles. The molecule has 1 atom stereocenters. The third-order valence-electron chi connectivity index (χ3n) is 5.02. The molecular weight excluding hydrogens is 480 g/mol. The second kappa shape index (κ2) is 9.07. The Bertz CT molecular complexity index is 1360. The van der Waals surface area contributed by atoms with Crippen molar-refractivity contribution in [1.82, 2.24) is 19.9 Å². The van der Waals surface area contributed by atoms with E-state index in [0.717, 1.165) is 30.7 Å². The fraction of sp³-hybridized carbons (Fsp3) is 0.182. The van der Waals surface area contributed by atoms with E-state index in [1.54, 1.807) is 0 Å². The van der Waals surface area contributed by atoms with Gasteiger partial charge in [0.1, 0.15) is 24.1 Å². The average Bonchev–Trinajstić information content (AvgIpc) is 2.82. The molecule has 4 aromatic rings. The van der Waals surface area contributed by atoms with Gasteiger partial charge in [0.15, 0.2) is 0 Å². The maximum absolute atomic E-state index is 13.7. The molecule has 0 fully saturated rings. The van der Waals surface area contributed by atoms with Crippen LogP contribution < -0.4 is 5.32 Å². The molecule has 7 nitrogen and oxygen atoms in total. The molecule has 182 valence electrons. The molecule has 0 spiro atoms. The average molecular weight is 495 g/mol. The number of hydrogen-bond acceptors (Lipinski definition) is 7. The molecule has 1 aromatic carbocycles. The first-order valence-corrected chi connectivity index (χ1v) is 9.89. The number of aliphatic hydroxyl groups excluding tert-OH is 2. The molecule has 0 radical (unpaired) electrons. The van der Waals surface area contributed by atoms with Gasteiger partial charge in [-0.1, -0.05) is 6.07 Å². The van der Waals surface area contributed by atoms with E-state index in [0.29, 0.717) is 11.6 Å². The van der Waals surface area contributed by atoms with E-state index in [1.165, 1.54) is 18.2 Å². The number of nitrogens with one attached hydrogen (secondary N) is 1. The lowest BCUT2D eigenvalue weighted by molar-refractivity contribution is -0.138. The van der Waals surface area contributed by atoms with Crippen LogP contribution in [0.15, 0.2) is 55.1 Å². The third-order valence-corrected chi connectivity index (χ3v) is 5.02. The Labute approximate surface area is 193 Å². The van der Waals surface area contributed by atoms with Crippen LogP contribution in [0.4, 0.5) is 38.0 Å². The van der Waals surface area contributed by atoms with Crippen LogP contribution in [0.1, 0.15) is 22.8 Å². The van der Waals surface area contributed by atoms with Gasteiger partial charge in [0, 0.05) is 28.9 Å². The Balaban J connectivity index is 1.72. The van der Waals surface area contributed by atoms with Crippen molar-refractivity contribution >= 4 is 22.5 Å². The highest BCUT2D eigenvalue weighted by molar-refractivity contribution is 5.93. The zero-order valence-corrected chi connectivity index (χ0v) is 17.4. The Morgan fingerprint density at radius 2 is 1.63 bits per heavy atom. The molecule has 0 aliphatic heterocycles. The van der Waals surface area contributed by atoms with Crippen molar-refractivity contribution in [3.05, 3.63) is 71.8 Å². The zero-order chi connectivity index (χ0) is 25.4. The number of alkyl halides is 6. The van der Waals surface area contributed by atoms with E-state index in [1.807, 2.05) is 0 Å². The third kappa shape index (κ3) is 5.15. The van der Waals surface area contributed by atoms with Crippen LogP contribution >= 0.6 is 0 Å². The zero-order valence-electron chi connectivity index (χ0n) is 17.4. The number of anilines is 2. The number of fused-ring (bicyclic) bond motifs is 1. The highest BCUT2D eigenvalue weighted by atomic mass is 19.4. The molecule has 0 bridgehead atoms. The number of benzene rings is 1. The Morgan fingerprint density at radius 1 is 0.857 bits per heavy atom. The highest BCUT2D eigenvalue weighted by Crippen LogP contribution is 2.38. The van der Waals surface area contributed by atoms with Gasteiger partial charge in [-0.05, 0) is 30.3 Å². The van der Waals surface area contributed by atoms with Gasteiger partial charge >= 0.3 is 12.4 Å². The SMILES string of the molecule is OC[C@H](O)c1cnc(-c2ccc3c(Nc4ccc(C(F)(F)F)cn4)ncnc3c2)c(C(F)(F)F)c1. The van der Waals surface area contributed by atoms with Gasteiger partial charge in [0.05, 0.1) is 28.9 Å². The minimum atomic E-state index is -4.80. The standard InChI is InChI=1S/C22H15F6N5O2/c23-21(24,25)13-2-4-18(29-8-13)33-20-14-3-1-11(6-16(14)31-10-32-20)19-15(22(26,27)28)5-12(7-30-19)17(35)9-34/h1-8,10,17,34-35H,9H2,(H,29,31,32,33)/t17-/m0/s1. The number of nitrogens with zero attached hydrogens (tertiary/aromatic N) is 4. The van der Waals surface area contributed by atoms with Crippen LogP contribution in [-0.4, -0.2) is 36.8 Å². The van der Waals surface area contributed by atoms with Crippen molar-refractivity contribution in [3.63, 3.8) is 0 Å². The largest absolute Gasteiger partial charge is 0.418 e. The summed E-state index contributed by atoms with van der Waals surface area (Å²) in [6.45, 7) is -0.769. The van der Waals surface area contributed by atoms with Gasteiger partial charge in [-0.25, -0.2) is 15.0 Å². The molecule has 13 heteroatoms. The highest BCUT2D eigenvalue weighted by Gasteiger charge is 2.35. The molecule has 0 amide bonds. The predicted octanol–water partition coefficient (Wildman–Crippen LogP) is 4.89. The summed E-state index contributed by atoms with van der Waals surface area (Å²) in [7, 11) is 0. The van der Waals surface area contributed by atoms with Crippen molar-refractivity contribution in [2.75, 3.05) is 11.9 Å². The summed E-state index contributed by atoms with van der Waals surface area (Å²) < 4.78 is 79.3. The molecule has 3 N–H and O–H groups in total. The molecule has 3 heterocycles. The minimum Gasteiger partial charge on any atom is -0.393 e. The second-order valence-corrected chi connectivity index (χ2v) is 7.37. The van der Waals surface area contributed by atoms with Crippen molar-refractivity contribution in [3.8, 4) is 11.3 Å². The topological polar surface area (TPSA) is 104 Å². The minimum absolute atomic E-state index is 0.0705. The lowest BCUT2D eigenvalue weighted by atomic mass is 10.0. The number of pyridine rings is 2. The summed E-state index contributed by atoms with van der Waals surface area (Å²) in [5.41, 5.74) is -2.32. The van der Waals surface area contributed by atoms with Crippen molar-refractivity contribution in [2.45, 2.75) is 18.5 Å². The van der Waals surface area contributed by atoms with Crippen molar-refractivity contribution < 1.29 is 36.6 Å². The summed E-state index contributed by atoms with van der Waals surface area (Å²) in [6, 6.07) is 6.83. The van der Waals surface area contributed by atoms with Crippen LogP contribution in [0, 0.1) is 0 Å². The van der Waals surface area contributed by atoms with Crippen LogP contribution in [0.25, 0.3) is 22.2 Å². The molecule has 0 unspecified atom stereocenters. The summed E-state index contributed by atoms with van der Waals surface area (Å²) in [5, 5.41) is 21.9. The predicted molar refractivity (Wildman–Crippen MR) is 112 cm³/mol. The number of hydrogen-bond donors (Lipinski definition) is 3. The number of rotatable bonds is 5. The van der Waals surface area contributed by atoms with E-state index in [2.05, 4.69) is 25.3 Å². The molecule has 0 saturated heterocycles. The van der Waals surface area contributed by atoms with Crippen molar-refractivity contribution in [2.24, 2.45) is 0 Å². The quantitative estimate of drug-likeness (QED) is 0.339. The van der Waals surface area contributed by atoms with Gasteiger partial charge in [-0.15, -0.1) is 0 Å².